The Morgan fingerprint density at radius 3 is 3.00 bits per heavy atom. The summed E-state index contributed by atoms with van der Waals surface area (Å²) in [5.74, 6) is -0.123. The first-order valence-corrected chi connectivity index (χ1v) is 6.10. The largest absolute Gasteiger partial charge is 0.393 e. The van der Waals surface area contributed by atoms with E-state index in [1.54, 1.807) is 17.4 Å². The number of carbonyl (C=O) groups excluding carboxylic acids is 1. The van der Waals surface area contributed by atoms with Crippen LogP contribution >= 0.6 is 11.3 Å². The number of amides is 1. The molecule has 2 N–H and O–H groups in total. The average Bonchev–Trinajstić information content (AvgIpc) is 2.59. The molecule has 1 aliphatic carbocycles. The third-order valence-corrected chi connectivity index (χ3v) is 3.29. The molecule has 0 aromatic carbocycles. The number of aryl methyl sites for hydroxylation is 1. The number of hydrogen-bond donors (Lipinski definition) is 2. The molecule has 4 nitrogen and oxygen atoms in total. The smallest absolute Gasteiger partial charge is 0.244 e. The molecule has 0 spiro atoms. The summed E-state index contributed by atoms with van der Waals surface area (Å²) in [6.45, 7) is 1.93. The molecule has 0 atom stereocenters. The molecule has 0 aliphatic heterocycles. The van der Waals surface area contributed by atoms with Crippen LogP contribution in [0.15, 0.2) is 11.5 Å². The summed E-state index contributed by atoms with van der Waals surface area (Å²) in [6, 6.07) is 0.129. The zero-order valence-corrected chi connectivity index (χ0v) is 9.83. The van der Waals surface area contributed by atoms with Crippen molar-refractivity contribution in [2.45, 2.75) is 31.9 Å². The molecule has 1 aliphatic rings. The summed E-state index contributed by atoms with van der Waals surface area (Å²) in [4.78, 5) is 15.6. The van der Waals surface area contributed by atoms with Crippen molar-refractivity contribution in [3.8, 4) is 0 Å². The van der Waals surface area contributed by atoms with Crippen LogP contribution in [0.3, 0.4) is 0 Å². The predicted octanol–water partition coefficient (Wildman–Crippen LogP) is 1.10. The van der Waals surface area contributed by atoms with Gasteiger partial charge in [-0.1, -0.05) is 0 Å². The number of nitrogens with zero attached hydrogens (tertiary/aromatic N) is 1. The van der Waals surface area contributed by atoms with Crippen LogP contribution in [-0.4, -0.2) is 28.1 Å². The number of aliphatic hydroxyl groups excluding tert-OH is 1. The lowest BCUT2D eigenvalue weighted by Crippen LogP contribution is -2.46. The Bertz CT molecular complexity index is 408. The SMILES string of the molecule is Cc1nc(C=CC(=O)NC2CC(O)C2)cs1. The van der Waals surface area contributed by atoms with Crippen molar-refractivity contribution in [3.05, 3.63) is 22.2 Å². The molecular formula is C11H14N2O2S. The van der Waals surface area contributed by atoms with Crippen LogP contribution in [0, 0.1) is 6.92 Å². The highest BCUT2D eigenvalue weighted by molar-refractivity contribution is 7.09. The van der Waals surface area contributed by atoms with Crippen molar-refractivity contribution in [1.82, 2.24) is 10.3 Å². The van der Waals surface area contributed by atoms with E-state index in [4.69, 9.17) is 5.11 Å². The highest BCUT2D eigenvalue weighted by Gasteiger charge is 2.27. The van der Waals surface area contributed by atoms with Crippen LogP contribution in [0.4, 0.5) is 0 Å². The summed E-state index contributed by atoms with van der Waals surface area (Å²) in [7, 11) is 0. The van der Waals surface area contributed by atoms with Gasteiger partial charge in [0.1, 0.15) is 0 Å². The minimum absolute atomic E-state index is 0.123. The molecule has 0 radical (unpaired) electrons. The zero-order valence-electron chi connectivity index (χ0n) is 9.01. The summed E-state index contributed by atoms with van der Waals surface area (Å²) in [6.07, 6.45) is 4.27. The zero-order chi connectivity index (χ0) is 11.5. The lowest BCUT2D eigenvalue weighted by Gasteiger charge is -2.31. The highest BCUT2D eigenvalue weighted by atomic mass is 32.1. The number of hydrogen-bond acceptors (Lipinski definition) is 4. The number of aromatic nitrogens is 1. The second-order valence-electron chi connectivity index (χ2n) is 3.96. The lowest BCUT2D eigenvalue weighted by atomic mass is 9.89. The first-order valence-electron chi connectivity index (χ1n) is 5.22. The van der Waals surface area contributed by atoms with E-state index in [2.05, 4.69) is 10.3 Å². The molecule has 2 rings (SSSR count). The van der Waals surface area contributed by atoms with E-state index in [1.165, 1.54) is 6.08 Å². The van der Waals surface area contributed by atoms with Gasteiger partial charge in [-0.25, -0.2) is 4.98 Å². The number of thiazole rings is 1. The molecular weight excluding hydrogens is 224 g/mol. The second-order valence-corrected chi connectivity index (χ2v) is 5.02. The van der Waals surface area contributed by atoms with Crippen LogP contribution in [0.1, 0.15) is 23.5 Å². The lowest BCUT2D eigenvalue weighted by molar-refractivity contribution is -0.118. The van der Waals surface area contributed by atoms with Crippen LogP contribution in [0.25, 0.3) is 6.08 Å². The van der Waals surface area contributed by atoms with E-state index in [0.29, 0.717) is 12.8 Å². The maximum Gasteiger partial charge on any atom is 0.244 e. The first-order chi connectivity index (χ1) is 7.63. The first kappa shape index (κ1) is 11.3. The van der Waals surface area contributed by atoms with Crippen molar-refractivity contribution in [3.63, 3.8) is 0 Å². The maximum atomic E-state index is 11.4. The molecule has 0 unspecified atom stereocenters. The van der Waals surface area contributed by atoms with E-state index < -0.39 is 0 Å². The molecule has 1 aromatic rings. The fraction of sp³-hybridized carbons (Fsp3) is 0.455. The summed E-state index contributed by atoms with van der Waals surface area (Å²) >= 11 is 1.56. The Balaban J connectivity index is 1.80. The van der Waals surface area contributed by atoms with Gasteiger partial charge in [0.25, 0.3) is 0 Å². The van der Waals surface area contributed by atoms with Crippen molar-refractivity contribution >= 4 is 23.3 Å². The second kappa shape index (κ2) is 4.76. The van der Waals surface area contributed by atoms with Crippen molar-refractivity contribution in [2.24, 2.45) is 0 Å². The maximum absolute atomic E-state index is 11.4. The van der Waals surface area contributed by atoms with Gasteiger partial charge in [-0.2, -0.15) is 0 Å². The molecule has 1 saturated carbocycles. The van der Waals surface area contributed by atoms with Gasteiger partial charge < -0.3 is 10.4 Å². The molecule has 0 bridgehead atoms. The van der Waals surface area contributed by atoms with Gasteiger partial charge in [0.15, 0.2) is 0 Å². The number of nitrogens with one attached hydrogen (secondary N) is 1. The van der Waals surface area contributed by atoms with E-state index in [9.17, 15) is 4.79 Å². The predicted molar refractivity (Wildman–Crippen MR) is 63.1 cm³/mol. The molecule has 5 heteroatoms. The van der Waals surface area contributed by atoms with Crippen molar-refractivity contribution < 1.29 is 9.90 Å². The molecule has 16 heavy (non-hydrogen) atoms. The minimum Gasteiger partial charge on any atom is -0.393 e. The Hall–Kier alpha value is -1.20. The number of carbonyl (C=O) groups is 1. The van der Waals surface area contributed by atoms with Crippen LogP contribution < -0.4 is 5.32 Å². The van der Waals surface area contributed by atoms with Crippen LogP contribution in [0.2, 0.25) is 0 Å². The summed E-state index contributed by atoms with van der Waals surface area (Å²) in [5, 5.41) is 14.8. The van der Waals surface area contributed by atoms with Gasteiger partial charge in [-0.05, 0) is 25.8 Å². The molecule has 1 amide bonds. The number of rotatable bonds is 3. The van der Waals surface area contributed by atoms with Gasteiger partial charge in [-0.15, -0.1) is 11.3 Å². The Morgan fingerprint density at radius 2 is 2.44 bits per heavy atom. The van der Waals surface area contributed by atoms with Gasteiger partial charge in [0.2, 0.25) is 5.91 Å². The van der Waals surface area contributed by atoms with E-state index in [1.807, 2.05) is 12.3 Å². The van der Waals surface area contributed by atoms with Gasteiger partial charge >= 0.3 is 0 Å². The Morgan fingerprint density at radius 1 is 1.69 bits per heavy atom. The Labute approximate surface area is 98.0 Å². The third kappa shape index (κ3) is 2.90. The van der Waals surface area contributed by atoms with Gasteiger partial charge in [0, 0.05) is 17.5 Å². The van der Waals surface area contributed by atoms with Crippen LogP contribution in [0.5, 0.6) is 0 Å². The van der Waals surface area contributed by atoms with Gasteiger partial charge in [-0.3, -0.25) is 4.79 Å². The monoisotopic (exact) mass is 238 g/mol. The fourth-order valence-electron chi connectivity index (χ4n) is 1.57. The van der Waals surface area contributed by atoms with Gasteiger partial charge in [0.05, 0.1) is 16.8 Å². The summed E-state index contributed by atoms with van der Waals surface area (Å²) in [5.41, 5.74) is 0.811. The molecule has 0 saturated heterocycles. The molecule has 86 valence electrons. The normalized spacial score (nSPS) is 24.4. The average molecular weight is 238 g/mol. The summed E-state index contributed by atoms with van der Waals surface area (Å²) < 4.78 is 0. The fourth-order valence-corrected chi connectivity index (χ4v) is 2.15. The minimum atomic E-state index is -0.240. The van der Waals surface area contributed by atoms with E-state index >= 15 is 0 Å². The third-order valence-electron chi connectivity index (χ3n) is 2.50. The van der Waals surface area contributed by atoms with E-state index in [-0.39, 0.29) is 18.1 Å². The topological polar surface area (TPSA) is 62.2 Å². The Kier molecular flexibility index (Phi) is 3.36. The van der Waals surface area contributed by atoms with E-state index in [0.717, 1.165) is 10.7 Å². The van der Waals surface area contributed by atoms with Crippen LogP contribution in [-0.2, 0) is 4.79 Å². The molecule has 1 fully saturated rings. The van der Waals surface area contributed by atoms with Crippen molar-refractivity contribution in [2.75, 3.05) is 0 Å². The van der Waals surface area contributed by atoms with Crippen molar-refractivity contribution in [1.29, 1.82) is 0 Å². The quantitative estimate of drug-likeness (QED) is 0.775. The number of aliphatic hydroxyl groups is 1. The molecule has 1 heterocycles. The molecule has 1 aromatic heterocycles. The highest BCUT2D eigenvalue weighted by Crippen LogP contribution is 2.19. The standard InChI is InChI=1S/C11H14N2O2S/c1-7-12-8(6-16-7)2-3-11(15)13-9-4-10(14)5-9/h2-3,6,9-10,14H,4-5H2,1H3,(H,13,15).